The lowest BCUT2D eigenvalue weighted by Gasteiger charge is -2.01. The van der Waals surface area contributed by atoms with E-state index in [1.54, 1.807) is 11.3 Å². The summed E-state index contributed by atoms with van der Waals surface area (Å²) < 4.78 is 3.80. The number of aromatic hydroxyl groups is 1. The van der Waals surface area contributed by atoms with Crippen LogP contribution in [0, 0.1) is 0 Å². The molecular weight excluding hydrogens is 352 g/mol. The molecule has 3 aromatic rings. The normalized spacial score (nSPS) is 11.4. The zero-order chi connectivity index (χ0) is 11.3. The fraction of sp³-hybridized carbons (Fsp3) is 0. The van der Waals surface area contributed by atoms with Gasteiger partial charge in [-0.3, -0.25) is 0 Å². The first-order valence-corrected chi connectivity index (χ1v) is 7.07. The molecule has 0 spiro atoms. The second-order valence-electron chi connectivity index (χ2n) is 3.50. The van der Waals surface area contributed by atoms with Gasteiger partial charge in [0.1, 0.15) is 5.75 Å². The summed E-state index contributed by atoms with van der Waals surface area (Å²) in [4.78, 5) is 0. The molecule has 80 valence electrons. The third-order valence-corrected chi connectivity index (χ3v) is 5.38. The smallest absolute Gasteiger partial charge is 0.145 e. The number of benzene rings is 2. The van der Waals surface area contributed by atoms with Crippen LogP contribution in [-0.4, -0.2) is 5.11 Å². The van der Waals surface area contributed by atoms with Crippen LogP contribution < -0.4 is 0 Å². The molecule has 0 radical (unpaired) electrons. The van der Waals surface area contributed by atoms with Crippen LogP contribution in [0.3, 0.4) is 0 Å². The number of phenolic OH excluding ortho intramolecular Hbond substituents is 1. The Kier molecular flexibility index (Phi) is 2.46. The van der Waals surface area contributed by atoms with E-state index in [9.17, 15) is 5.11 Å². The Morgan fingerprint density at radius 3 is 2.62 bits per heavy atom. The standard InChI is InChI=1S/C12H6Br2OS/c13-8-5-7-6-3-1-2-4-9(6)16-12(7)10(14)11(8)15/h1-5,15H. The summed E-state index contributed by atoms with van der Waals surface area (Å²) in [5, 5.41) is 12.2. The van der Waals surface area contributed by atoms with Crippen molar-refractivity contribution in [3.8, 4) is 5.75 Å². The highest BCUT2D eigenvalue weighted by atomic mass is 79.9. The average Bonchev–Trinajstić information content (AvgIpc) is 2.65. The van der Waals surface area contributed by atoms with E-state index in [4.69, 9.17) is 0 Å². The van der Waals surface area contributed by atoms with E-state index in [1.807, 2.05) is 18.2 Å². The van der Waals surface area contributed by atoms with E-state index in [1.165, 1.54) is 10.1 Å². The highest BCUT2D eigenvalue weighted by Gasteiger charge is 2.13. The molecule has 0 aliphatic heterocycles. The molecule has 0 bridgehead atoms. The Bertz CT molecular complexity index is 703. The van der Waals surface area contributed by atoms with Gasteiger partial charge in [0.2, 0.25) is 0 Å². The van der Waals surface area contributed by atoms with Crippen LogP contribution in [0.15, 0.2) is 39.3 Å². The summed E-state index contributed by atoms with van der Waals surface area (Å²) in [7, 11) is 0. The van der Waals surface area contributed by atoms with Crippen molar-refractivity contribution >= 4 is 63.4 Å². The van der Waals surface area contributed by atoms with Crippen molar-refractivity contribution in [1.82, 2.24) is 0 Å². The van der Waals surface area contributed by atoms with Gasteiger partial charge >= 0.3 is 0 Å². The zero-order valence-corrected chi connectivity index (χ0v) is 12.0. The molecule has 0 saturated heterocycles. The van der Waals surface area contributed by atoms with Crippen molar-refractivity contribution in [2.75, 3.05) is 0 Å². The summed E-state index contributed by atoms with van der Waals surface area (Å²) in [6.45, 7) is 0. The second kappa shape index (κ2) is 3.72. The molecule has 1 nitrogen and oxygen atoms in total. The summed E-state index contributed by atoms with van der Waals surface area (Å²) >= 11 is 8.49. The van der Waals surface area contributed by atoms with Gasteiger partial charge < -0.3 is 5.11 Å². The van der Waals surface area contributed by atoms with E-state index >= 15 is 0 Å². The second-order valence-corrected chi connectivity index (χ2v) is 6.20. The van der Waals surface area contributed by atoms with E-state index < -0.39 is 0 Å². The van der Waals surface area contributed by atoms with Crippen LogP contribution >= 0.6 is 43.2 Å². The molecule has 0 unspecified atom stereocenters. The van der Waals surface area contributed by atoms with Crippen LogP contribution in [0.25, 0.3) is 20.2 Å². The number of hydrogen-bond acceptors (Lipinski definition) is 2. The van der Waals surface area contributed by atoms with Crippen molar-refractivity contribution in [2.24, 2.45) is 0 Å². The molecule has 2 aromatic carbocycles. The molecule has 1 N–H and O–H groups in total. The summed E-state index contributed by atoms with van der Waals surface area (Å²) in [6, 6.07) is 10.2. The van der Waals surface area contributed by atoms with Crippen LogP contribution in [-0.2, 0) is 0 Å². The lowest BCUT2D eigenvalue weighted by atomic mass is 10.1. The maximum Gasteiger partial charge on any atom is 0.145 e. The Morgan fingerprint density at radius 2 is 1.81 bits per heavy atom. The number of hydrogen-bond donors (Lipinski definition) is 1. The quantitative estimate of drug-likeness (QED) is 0.579. The minimum Gasteiger partial charge on any atom is -0.506 e. The fourth-order valence-electron chi connectivity index (χ4n) is 1.78. The van der Waals surface area contributed by atoms with E-state index in [2.05, 4.69) is 44.0 Å². The molecule has 0 aliphatic carbocycles. The molecular formula is C12H6Br2OS. The van der Waals surface area contributed by atoms with Crippen molar-refractivity contribution in [2.45, 2.75) is 0 Å². The Morgan fingerprint density at radius 1 is 1.06 bits per heavy atom. The number of fused-ring (bicyclic) bond motifs is 3. The average molecular weight is 358 g/mol. The molecule has 0 aliphatic rings. The lowest BCUT2D eigenvalue weighted by Crippen LogP contribution is -1.73. The molecule has 0 amide bonds. The van der Waals surface area contributed by atoms with Crippen molar-refractivity contribution in [1.29, 1.82) is 0 Å². The van der Waals surface area contributed by atoms with Crippen molar-refractivity contribution in [3.63, 3.8) is 0 Å². The van der Waals surface area contributed by atoms with Crippen LogP contribution in [0.2, 0.25) is 0 Å². The Balaban J connectivity index is 2.60. The van der Waals surface area contributed by atoms with Gasteiger partial charge in [0.15, 0.2) is 0 Å². The number of rotatable bonds is 0. The van der Waals surface area contributed by atoms with Gasteiger partial charge in [-0.05, 0) is 44.0 Å². The third-order valence-electron chi connectivity index (χ3n) is 2.54. The van der Waals surface area contributed by atoms with Gasteiger partial charge in [-0.25, -0.2) is 0 Å². The third kappa shape index (κ3) is 1.40. The maximum absolute atomic E-state index is 9.84. The molecule has 16 heavy (non-hydrogen) atoms. The van der Waals surface area contributed by atoms with Gasteiger partial charge in [-0.1, -0.05) is 18.2 Å². The summed E-state index contributed by atoms with van der Waals surface area (Å²) in [5.74, 6) is 0.263. The lowest BCUT2D eigenvalue weighted by molar-refractivity contribution is 0.469. The number of halogens is 2. The van der Waals surface area contributed by atoms with Gasteiger partial charge in [0, 0.05) is 15.5 Å². The van der Waals surface area contributed by atoms with Gasteiger partial charge in [0.25, 0.3) is 0 Å². The summed E-state index contributed by atoms with van der Waals surface area (Å²) in [6.07, 6.45) is 0. The SMILES string of the molecule is Oc1c(Br)cc2c(sc3ccccc32)c1Br. The summed E-state index contributed by atoms with van der Waals surface area (Å²) in [5.41, 5.74) is 0. The van der Waals surface area contributed by atoms with E-state index in [0.717, 1.165) is 19.0 Å². The van der Waals surface area contributed by atoms with E-state index in [0.29, 0.717) is 0 Å². The van der Waals surface area contributed by atoms with Crippen molar-refractivity contribution < 1.29 is 5.11 Å². The number of phenols is 1. The van der Waals surface area contributed by atoms with Crippen LogP contribution in [0.1, 0.15) is 0 Å². The molecule has 3 rings (SSSR count). The first-order chi connectivity index (χ1) is 7.68. The highest BCUT2D eigenvalue weighted by Crippen LogP contribution is 2.45. The topological polar surface area (TPSA) is 20.2 Å². The van der Waals surface area contributed by atoms with Crippen LogP contribution in [0.4, 0.5) is 0 Å². The predicted octanol–water partition coefficient (Wildman–Crippen LogP) is 5.29. The predicted molar refractivity (Wildman–Crippen MR) is 76.4 cm³/mol. The highest BCUT2D eigenvalue weighted by molar-refractivity contribution is 9.11. The van der Waals surface area contributed by atoms with Gasteiger partial charge in [-0.15, -0.1) is 11.3 Å². The largest absolute Gasteiger partial charge is 0.506 e. The maximum atomic E-state index is 9.84. The van der Waals surface area contributed by atoms with Crippen molar-refractivity contribution in [3.05, 3.63) is 39.3 Å². The first kappa shape index (κ1) is 10.6. The number of thiophene rings is 1. The molecule has 0 atom stereocenters. The molecule has 1 aromatic heterocycles. The van der Waals surface area contributed by atoms with Gasteiger partial charge in [0.05, 0.1) is 13.6 Å². The molecule has 0 saturated carbocycles. The first-order valence-electron chi connectivity index (χ1n) is 4.66. The van der Waals surface area contributed by atoms with Gasteiger partial charge in [-0.2, -0.15) is 0 Å². The Labute approximate surface area is 113 Å². The molecule has 1 heterocycles. The van der Waals surface area contributed by atoms with E-state index in [-0.39, 0.29) is 5.75 Å². The van der Waals surface area contributed by atoms with Crippen LogP contribution in [0.5, 0.6) is 5.75 Å². The molecule has 0 fully saturated rings. The minimum atomic E-state index is 0.263. The fourth-order valence-corrected chi connectivity index (χ4v) is 4.26. The minimum absolute atomic E-state index is 0.263. The monoisotopic (exact) mass is 356 g/mol. The Hall–Kier alpha value is -0.580. The zero-order valence-electron chi connectivity index (χ0n) is 8.00. The molecule has 4 heteroatoms.